The Morgan fingerprint density at radius 2 is 1.31 bits per heavy atom. The van der Waals surface area contributed by atoms with Gasteiger partial charge in [0.05, 0.1) is 29.4 Å². The van der Waals surface area contributed by atoms with Crippen molar-refractivity contribution in [1.82, 2.24) is 0 Å². The first-order valence-corrected chi connectivity index (χ1v) is 18.4. The van der Waals surface area contributed by atoms with Crippen LogP contribution in [0, 0.1) is 20.8 Å². The van der Waals surface area contributed by atoms with E-state index in [4.69, 9.17) is 27.4 Å². The molecule has 0 aromatic heterocycles. The molecule has 0 bridgehead atoms. The molecule has 1 unspecified atom stereocenters. The molecule has 8 rings (SSSR count). The molecule has 0 saturated heterocycles. The number of carbonyl (C=O) groups is 2. The molecule has 2 heterocycles. The van der Waals surface area contributed by atoms with Crippen LogP contribution < -0.4 is 22.8 Å². The maximum absolute atomic E-state index is 13.5. The Morgan fingerprint density at radius 3 is 2.02 bits per heavy atom. The molecular weight excluding hydrogens is 684 g/mol. The van der Waals surface area contributed by atoms with Crippen LogP contribution in [0.3, 0.4) is 0 Å². The number of hydrogen-bond acceptors (Lipinski definition) is 9. The molecule has 1 atom stereocenters. The van der Waals surface area contributed by atoms with E-state index in [1.54, 1.807) is 18.2 Å². The molecule has 0 fully saturated rings. The normalized spacial score (nSPS) is 14.9. The maximum atomic E-state index is 13.5. The first-order chi connectivity index (χ1) is 24.8. The third kappa shape index (κ3) is 5.99. The number of para-hydroxylation sites is 2. The number of methoxy groups -OCH3 is 1. The van der Waals surface area contributed by atoms with Gasteiger partial charge in [0.15, 0.2) is 5.75 Å². The molecule has 0 saturated carbocycles. The molecule has 2 aliphatic heterocycles. The molecular formula is C40H31NO8P2. The Labute approximate surface area is 297 Å². The van der Waals surface area contributed by atoms with E-state index < -0.39 is 29.1 Å². The van der Waals surface area contributed by atoms with Gasteiger partial charge in [-0.15, -0.1) is 0 Å². The van der Waals surface area contributed by atoms with Crippen LogP contribution in [0.25, 0.3) is 21.9 Å². The van der Waals surface area contributed by atoms with Crippen LogP contribution >= 0.6 is 17.1 Å². The number of ether oxygens (including phenoxy) is 1. The summed E-state index contributed by atoms with van der Waals surface area (Å²) in [5.41, 5.74) is 5.65. The number of fused-ring (bicyclic) bond motifs is 1. The Balaban J connectivity index is 1.26. The molecule has 11 heteroatoms. The van der Waals surface area contributed by atoms with Crippen LogP contribution in [0.5, 0.6) is 23.0 Å². The van der Waals surface area contributed by atoms with Crippen molar-refractivity contribution in [3.8, 4) is 34.1 Å². The van der Waals surface area contributed by atoms with Crippen molar-refractivity contribution < 1.29 is 36.9 Å². The van der Waals surface area contributed by atoms with Gasteiger partial charge in [-0.25, -0.2) is 9.59 Å². The number of benzene rings is 6. The zero-order valence-corrected chi connectivity index (χ0v) is 29.9. The molecule has 0 aliphatic carbocycles. The van der Waals surface area contributed by atoms with Gasteiger partial charge in [0.25, 0.3) is 0 Å². The highest BCUT2D eigenvalue weighted by atomic mass is 31.2. The Kier molecular flexibility index (Phi) is 8.47. The summed E-state index contributed by atoms with van der Waals surface area (Å²) in [4.78, 5) is 26.9. The number of esters is 1. The lowest BCUT2D eigenvalue weighted by Crippen LogP contribution is -2.25. The molecule has 0 spiro atoms. The van der Waals surface area contributed by atoms with Crippen molar-refractivity contribution in [3.63, 3.8) is 0 Å². The summed E-state index contributed by atoms with van der Waals surface area (Å²) in [5.74, 6) is 0.861. The lowest BCUT2D eigenvalue weighted by molar-refractivity contribution is 0.0598. The number of nitrogens with zero attached hydrogens (tertiary/aromatic N) is 1. The summed E-state index contributed by atoms with van der Waals surface area (Å²) >= 11 is 0. The van der Waals surface area contributed by atoms with Crippen molar-refractivity contribution in [2.75, 3.05) is 11.8 Å². The van der Waals surface area contributed by atoms with Crippen LogP contribution in [-0.2, 0) is 9.26 Å². The molecule has 0 amide bonds. The molecule has 6 aromatic carbocycles. The van der Waals surface area contributed by atoms with Gasteiger partial charge >= 0.3 is 29.1 Å². The highest BCUT2D eigenvalue weighted by Gasteiger charge is 2.40. The third-order valence-corrected chi connectivity index (χ3v) is 11.0. The van der Waals surface area contributed by atoms with Crippen LogP contribution in [0.2, 0.25) is 0 Å². The Morgan fingerprint density at radius 1 is 0.667 bits per heavy atom. The first-order valence-electron chi connectivity index (χ1n) is 16.1. The van der Waals surface area contributed by atoms with Crippen molar-refractivity contribution in [1.29, 1.82) is 0 Å². The van der Waals surface area contributed by atoms with Crippen molar-refractivity contribution in [2.45, 2.75) is 20.8 Å². The van der Waals surface area contributed by atoms with E-state index in [2.05, 4.69) is 0 Å². The average molecular weight is 716 g/mol. The molecule has 0 N–H and O–H groups in total. The van der Waals surface area contributed by atoms with Gasteiger partial charge in [-0.3, -0.25) is 4.67 Å². The van der Waals surface area contributed by atoms with Crippen LogP contribution in [-0.4, -0.2) is 19.0 Å². The second kappa shape index (κ2) is 13.3. The number of hydrogen-bond donors (Lipinski definition) is 0. The molecule has 6 aromatic rings. The zero-order chi connectivity index (χ0) is 35.2. The summed E-state index contributed by atoms with van der Waals surface area (Å²) < 4.78 is 39.2. The monoisotopic (exact) mass is 715 g/mol. The van der Waals surface area contributed by atoms with E-state index in [0.717, 1.165) is 33.2 Å². The maximum Gasteiger partial charge on any atom is 0.530 e. The average Bonchev–Trinajstić information content (AvgIpc) is 3.13. The van der Waals surface area contributed by atoms with E-state index in [1.807, 2.05) is 123 Å². The lowest BCUT2D eigenvalue weighted by Gasteiger charge is -2.35. The lowest BCUT2D eigenvalue weighted by atomic mass is 9.95. The number of aryl methyl sites for hydroxylation is 3. The summed E-state index contributed by atoms with van der Waals surface area (Å²) in [6, 6.07) is 36.0. The summed E-state index contributed by atoms with van der Waals surface area (Å²) in [5, 5.41) is 1.88. The molecule has 9 nitrogen and oxygen atoms in total. The van der Waals surface area contributed by atoms with E-state index in [9.17, 15) is 9.59 Å². The van der Waals surface area contributed by atoms with Gasteiger partial charge in [-0.05, 0) is 97.4 Å². The highest BCUT2D eigenvalue weighted by molar-refractivity contribution is 7.51. The second-order valence-electron chi connectivity index (χ2n) is 12.1. The Hall–Kier alpha value is -5.62. The van der Waals surface area contributed by atoms with Gasteiger partial charge in [0.2, 0.25) is 0 Å². The van der Waals surface area contributed by atoms with Crippen molar-refractivity contribution in [3.05, 3.63) is 143 Å². The highest BCUT2D eigenvalue weighted by Crippen LogP contribution is 2.59. The van der Waals surface area contributed by atoms with Gasteiger partial charge in [-0.1, -0.05) is 60.7 Å². The number of rotatable bonds is 7. The van der Waals surface area contributed by atoms with Crippen LogP contribution in [0.15, 0.2) is 115 Å². The van der Waals surface area contributed by atoms with E-state index in [0.29, 0.717) is 39.6 Å². The van der Waals surface area contributed by atoms with Gasteiger partial charge < -0.3 is 27.4 Å². The van der Waals surface area contributed by atoms with Gasteiger partial charge in [-0.2, -0.15) is 0 Å². The molecule has 2 aliphatic rings. The number of carbonyl (C=O) groups excluding carboxylic acids is 2. The largest absolute Gasteiger partial charge is 0.530 e. The Bertz CT molecular complexity index is 2310. The summed E-state index contributed by atoms with van der Waals surface area (Å²) in [6.45, 7) is 5.81. The van der Waals surface area contributed by atoms with E-state index in [1.165, 1.54) is 7.11 Å². The van der Waals surface area contributed by atoms with Crippen molar-refractivity contribution in [2.24, 2.45) is 0 Å². The molecule has 0 radical (unpaired) electrons. The topological polar surface area (TPSA) is 92.8 Å². The van der Waals surface area contributed by atoms with Crippen LogP contribution in [0.1, 0.15) is 37.4 Å². The predicted molar refractivity (Wildman–Crippen MR) is 198 cm³/mol. The summed E-state index contributed by atoms with van der Waals surface area (Å²) in [6.07, 6.45) is 0. The molecule has 254 valence electrons. The predicted octanol–water partition coefficient (Wildman–Crippen LogP) is 10.9. The quantitative estimate of drug-likeness (QED) is 0.118. The van der Waals surface area contributed by atoms with Crippen molar-refractivity contribution >= 4 is 51.2 Å². The van der Waals surface area contributed by atoms with Crippen LogP contribution in [0.4, 0.5) is 11.4 Å². The van der Waals surface area contributed by atoms with Gasteiger partial charge in [0.1, 0.15) is 22.8 Å². The standard InChI is InChI=1S/C40H31NO8P2/c1-24-20-26(3)37(48-51-45-34-18-10-12-27-13-11-19-35(46-51)36(27)34)30(21-24)31-22-25(2)23-32(39(42)44-4)38(31)47-50-41(28-14-6-5-7-15-28)33-17-9-8-16-29(33)40(43)49-50/h5-23H,1-4H3. The fourth-order valence-corrected chi connectivity index (χ4v) is 8.94. The smallest absolute Gasteiger partial charge is 0.465 e. The fraction of sp³-hybridized carbons (Fsp3) is 0.100. The van der Waals surface area contributed by atoms with E-state index in [-0.39, 0.29) is 11.3 Å². The summed E-state index contributed by atoms with van der Waals surface area (Å²) in [7, 11) is -2.79. The minimum Gasteiger partial charge on any atom is -0.465 e. The minimum absolute atomic E-state index is 0.166. The zero-order valence-electron chi connectivity index (χ0n) is 28.1. The molecule has 51 heavy (non-hydrogen) atoms. The SMILES string of the molecule is COC(=O)c1cc(C)cc(-c2cc(C)cc(C)c2OP2Oc3cccc4cccc(c34)O2)c1OP1OC(=O)c2ccccc2N1c1ccccc1. The van der Waals surface area contributed by atoms with Gasteiger partial charge in [0, 0.05) is 11.1 Å². The minimum atomic E-state index is -2.18. The number of anilines is 2. The van der Waals surface area contributed by atoms with E-state index >= 15 is 0 Å². The fourth-order valence-electron chi connectivity index (χ4n) is 6.35. The second-order valence-corrected chi connectivity index (χ2v) is 14.4. The third-order valence-electron chi connectivity index (χ3n) is 8.53. The first kappa shape index (κ1) is 32.6.